The number of guanidine groups is 1. The standard InChI is InChI=1S/C15H22FN3.HI/c1-17-15(19-14-5-3-2-4-6-14)18-11-12-7-9-13(16)10-8-12;/h7-10,14H,2-6,11H2,1H3,(H2,17,18,19);1H. The van der Waals surface area contributed by atoms with E-state index in [0.717, 1.165) is 11.5 Å². The topological polar surface area (TPSA) is 36.4 Å². The van der Waals surface area contributed by atoms with Crippen LogP contribution < -0.4 is 10.6 Å². The first-order valence-electron chi connectivity index (χ1n) is 6.99. The van der Waals surface area contributed by atoms with Crippen LogP contribution in [0.3, 0.4) is 0 Å². The van der Waals surface area contributed by atoms with Crippen LogP contribution in [-0.4, -0.2) is 19.0 Å². The van der Waals surface area contributed by atoms with E-state index in [-0.39, 0.29) is 29.8 Å². The monoisotopic (exact) mass is 391 g/mol. The van der Waals surface area contributed by atoms with Gasteiger partial charge in [-0.25, -0.2) is 4.39 Å². The van der Waals surface area contributed by atoms with Gasteiger partial charge in [-0.15, -0.1) is 24.0 Å². The number of nitrogens with one attached hydrogen (secondary N) is 2. The Kier molecular flexibility index (Phi) is 7.87. The molecule has 1 saturated carbocycles. The normalized spacial score (nSPS) is 16.4. The molecular weight excluding hydrogens is 368 g/mol. The molecule has 5 heteroatoms. The van der Waals surface area contributed by atoms with Crippen LogP contribution >= 0.6 is 24.0 Å². The molecular formula is C15H23FIN3. The molecule has 0 amide bonds. The van der Waals surface area contributed by atoms with E-state index in [1.807, 2.05) is 0 Å². The molecule has 0 bridgehead atoms. The molecule has 1 aliphatic carbocycles. The Bertz CT molecular complexity index is 414. The molecule has 20 heavy (non-hydrogen) atoms. The van der Waals surface area contributed by atoms with E-state index >= 15 is 0 Å². The number of halogens is 2. The van der Waals surface area contributed by atoms with Crippen LogP contribution in [0.2, 0.25) is 0 Å². The predicted octanol–water partition coefficient (Wildman–Crippen LogP) is 3.44. The Morgan fingerprint density at radius 3 is 2.45 bits per heavy atom. The van der Waals surface area contributed by atoms with Crippen molar-refractivity contribution >= 4 is 29.9 Å². The van der Waals surface area contributed by atoms with E-state index in [9.17, 15) is 4.39 Å². The van der Waals surface area contributed by atoms with Gasteiger partial charge in [0.15, 0.2) is 5.96 Å². The first-order chi connectivity index (χ1) is 9.28. The summed E-state index contributed by atoms with van der Waals surface area (Å²) in [6.07, 6.45) is 6.38. The summed E-state index contributed by atoms with van der Waals surface area (Å²) < 4.78 is 12.8. The number of hydrogen-bond acceptors (Lipinski definition) is 1. The van der Waals surface area contributed by atoms with E-state index in [1.165, 1.54) is 44.2 Å². The summed E-state index contributed by atoms with van der Waals surface area (Å²) in [6, 6.07) is 7.07. The third kappa shape index (κ3) is 5.64. The van der Waals surface area contributed by atoms with Gasteiger partial charge >= 0.3 is 0 Å². The van der Waals surface area contributed by atoms with Crippen molar-refractivity contribution in [2.45, 2.75) is 44.7 Å². The summed E-state index contributed by atoms with van der Waals surface area (Å²) in [7, 11) is 1.78. The van der Waals surface area contributed by atoms with Crippen LogP contribution in [0.1, 0.15) is 37.7 Å². The van der Waals surface area contributed by atoms with E-state index in [2.05, 4.69) is 15.6 Å². The first-order valence-corrected chi connectivity index (χ1v) is 6.99. The summed E-state index contributed by atoms with van der Waals surface area (Å²) in [4.78, 5) is 4.24. The minimum atomic E-state index is -0.200. The van der Waals surface area contributed by atoms with E-state index in [4.69, 9.17) is 0 Å². The maximum absolute atomic E-state index is 12.8. The maximum atomic E-state index is 12.8. The quantitative estimate of drug-likeness (QED) is 0.471. The summed E-state index contributed by atoms with van der Waals surface area (Å²) in [6.45, 7) is 0.659. The number of hydrogen-bond donors (Lipinski definition) is 2. The van der Waals surface area contributed by atoms with E-state index < -0.39 is 0 Å². The summed E-state index contributed by atoms with van der Waals surface area (Å²) >= 11 is 0. The Morgan fingerprint density at radius 2 is 1.85 bits per heavy atom. The molecule has 0 unspecified atom stereocenters. The zero-order valence-electron chi connectivity index (χ0n) is 11.9. The van der Waals surface area contributed by atoms with Crippen molar-refractivity contribution in [3.05, 3.63) is 35.6 Å². The zero-order valence-corrected chi connectivity index (χ0v) is 14.2. The molecule has 2 N–H and O–H groups in total. The Morgan fingerprint density at radius 1 is 1.20 bits per heavy atom. The molecule has 0 atom stereocenters. The fraction of sp³-hybridized carbons (Fsp3) is 0.533. The van der Waals surface area contributed by atoms with Crippen molar-refractivity contribution in [3.8, 4) is 0 Å². The van der Waals surface area contributed by atoms with Crippen molar-refractivity contribution in [3.63, 3.8) is 0 Å². The van der Waals surface area contributed by atoms with Gasteiger partial charge in [0, 0.05) is 19.6 Å². The van der Waals surface area contributed by atoms with Crippen molar-refractivity contribution < 1.29 is 4.39 Å². The largest absolute Gasteiger partial charge is 0.354 e. The highest BCUT2D eigenvalue weighted by molar-refractivity contribution is 14.0. The Labute approximate surface area is 137 Å². The van der Waals surface area contributed by atoms with Crippen LogP contribution in [0, 0.1) is 5.82 Å². The molecule has 1 fully saturated rings. The maximum Gasteiger partial charge on any atom is 0.191 e. The van der Waals surface area contributed by atoms with Gasteiger partial charge in [0.05, 0.1) is 0 Å². The molecule has 0 spiro atoms. The number of nitrogens with zero attached hydrogens (tertiary/aromatic N) is 1. The second kappa shape index (κ2) is 9.15. The molecule has 0 heterocycles. The minimum Gasteiger partial charge on any atom is -0.354 e. The molecule has 0 radical (unpaired) electrons. The lowest BCUT2D eigenvalue weighted by Gasteiger charge is -2.24. The third-order valence-electron chi connectivity index (χ3n) is 3.54. The molecule has 0 saturated heterocycles. The lowest BCUT2D eigenvalue weighted by atomic mass is 9.96. The highest BCUT2D eigenvalue weighted by atomic mass is 127. The molecule has 1 aliphatic rings. The van der Waals surface area contributed by atoms with Gasteiger partial charge in [0.25, 0.3) is 0 Å². The Hall–Kier alpha value is -0.850. The summed E-state index contributed by atoms with van der Waals surface area (Å²) in [5, 5.41) is 6.72. The number of rotatable bonds is 3. The molecule has 1 aromatic carbocycles. The smallest absolute Gasteiger partial charge is 0.191 e. The number of benzene rings is 1. The summed E-state index contributed by atoms with van der Waals surface area (Å²) in [5.41, 5.74) is 1.05. The lowest BCUT2D eigenvalue weighted by Crippen LogP contribution is -2.43. The highest BCUT2D eigenvalue weighted by Crippen LogP contribution is 2.17. The average molecular weight is 391 g/mol. The molecule has 0 aliphatic heterocycles. The van der Waals surface area contributed by atoms with Gasteiger partial charge in [-0.3, -0.25) is 4.99 Å². The van der Waals surface area contributed by atoms with Crippen LogP contribution in [0.5, 0.6) is 0 Å². The van der Waals surface area contributed by atoms with Gasteiger partial charge in [-0.2, -0.15) is 0 Å². The molecule has 112 valence electrons. The van der Waals surface area contributed by atoms with Crippen LogP contribution in [0.15, 0.2) is 29.3 Å². The fourth-order valence-corrected chi connectivity index (χ4v) is 2.42. The van der Waals surface area contributed by atoms with Gasteiger partial charge < -0.3 is 10.6 Å². The second-order valence-electron chi connectivity index (χ2n) is 5.03. The minimum absolute atomic E-state index is 0. The molecule has 0 aromatic heterocycles. The zero-order chi connectivity index (χ0) is 13.5. The van der Waals surface area contributed by atoms with Gasteiger partial charge in [0.1, 0.15) is 5.82 Å². The molecule has 3 nitrogen and oxygen atoms in total. The lowest BCUT2D eigenvalue weighted by molar-refractivity contribution is 0.410. The SMILES string of the molecule is CN=C(NCc1ccc(F)cc1)NC1CCCCC1.I. The van der Waals surface area contributed by atoms with E-state index in [1.54, 1.807) is 19.2 Å². The number of aliphatic imine (C=N–C) groups is 1. The van der Waals surface area contributed by atoms with Crippen LogP contribution in [0.4, 0.5) is 4.39 Å². The predicted molar refractivity (Wildman–Crippen MR) is 92.0 cm³/mol. The van der Waals surface area contributed by atoms with Crippen molar-refractivity contribution in [1.29, 1.82) is 0 Å². The first kappa shape index (κ1) is 17.2. The van der Waals surface area contributed by atoms with Crippen molar-refractivity contribution in [1.82, 2.24) is 10.6 Å². The van der Waals surface area contributed by atoms with E-state index in [0.29, 0.717) is 12.6 Å². The van der Waals surface area contributed by atoms with Crippen molar-refractivity contribution in [2.75, 3.05) is 7.05 Å². The van der Waals surface area contributed by atoms with Crippen LogP contribution in [-0.2, 0) is 6.54 Å². The van der Waals surface area contributed by atoms with Crippen LogP contribution in [0.25, 0.3) is 0 Å². The van der Waals surface area contributed by atoms with Gasteiger partial charge in [-0.1, -0.05) is 31.4 Å². The molecule has 2 rings (SSSR count). The van der Waals surface area contributed by atoms with Gasteiger partial charge in [-0.05, 0) is 30.5 Å². The second-order valence-corrected chi connectivity index (χ2v) is 5.03. The summed E-state index contributed by atoms with van der Waals surface area (Å²) in [5.74, 6) is 0.629. The molecule has 1 aromatic rings. The Balaban J connectivity index is 0.00000200. The fourth-order valence-electron chi connectivity index (χ4n) is 2.42. The third-order valence-corrected chi connectivity index (χ3v) is 3.54. The average Bonchev–Trinajstić information content (AvgIpc) is 2.46. The highest BCUT2D eigenvalue weighted by Gasteiger charge is 2.14. The van der Waals surface area contributed by atoms with Crippen molar-refractivity contribution in [2.24, 2.45) is 4.99 Å². The van der Waals surface area contributed by atoms with Gasteiger partial charge in [0.2, 0.25) is 0 Å².